The van der Waals surface area contributed by atoms with Crippen LogP contribution in [0, 0.1) is 0 Å². The second-order valence-corrected chi connectivity index (χ2v) is 6.68. The zero-order chi connectivity index (χ0) is 19.5. The van der Waals surface area contributed by atoms with E-state index in [0.717, 1.165) is 5.56 Å². The Balaban J connectivity index is 1.57. The highest BCUT2D eigenvalue weighted by Gasteiger charge is 2.52. The number of esters is 1. The maximum atomic E-state index is 12.6. The van der Waals surface area contributed by atoms with Gasteiger partial charge in [-0.3, -0.25) is 0 Å². The predicted molar refractivity (Wildman–Crippen MR) is 97.3 cm³/mol. The van der Waals surface area contributed by atoms with E-state index in [0.29, 0.717) is 5.56 Å². The molecule has 2 aromatic rings. The first-order valence-corrected chi connectivity index (χ1v) is 9.11. The van der Waals surface area contributed by atoms with Gasteiger partial charge in [-0.05, 0) is 12.1 Å². The van der Waals surface area contributed by atoms with Crippen LogP contribution in [0.3, 0.4) is 0 Å². The number of ether oxygens (including phenoxy) is 5. The number of aliphatic hydroxyl groups excluding tert-OH is 1. The van der Waals surface area contributed by atoms with Crippen LogP contribution in [0.2, 0.25) is 0 Å². The van der Waals surface area contributed by atoms with Gasteiger partial charge in [-0.1, -0.05) is 48.5 Å². The van der Waals surface area contributed by atoms with Gasteiger partial charge in [0.05, 0.1) is 12.2 Å². The van der Waals surface area contributed by atoms with Crippen LogP contribution in [0.1, 0.15) is 22.2 Å². The molecule has 0 bridgehead atoms. The van der Waals surface area contributed by atoms with Crippen LogP contribution >= 0.6 is 0 Å². The first-order chi connectivity index (χ1) is 13.7. The summed E-state index contributed by atoms with van der Waals surface area (Å²) < 4.78 is 28.5. The number of benzene rings is 2. The van der Waals surface area contributed by atoms with E-state index >= 15 is 0 Å². The van der Waals surface area contributed by atoms with Crippen molar-refractivity contribution < 1.29 is 33.6 Å². The average molecular weight is 386 g/mol. The summed E-state index contributed by atoms with van der Waals surface area (Å²) in [6.45, 7) is 0.192. The molecule has 2 aromatic carbocycles. The second kappa shape index (κ2) is 8.38. The van der Waals surface area contributed by atoms with Crippen LogP contribution in [0.15, 0.2) is 60.7 Å². The van der Waals surface area contributed by atoms with Crippen molar-refractivity contribution in [3.63, 3.8) is 0 Å². The van der Waals surface area contributed by atoms with E-state index in [1.807, 2.05) is 36.4 Å². The molecule has 1 N–H and O–H groups in total. The SMILES string of the molecule is CO[C@@H]1[C@@H](OC(=O)c2ccccc2)[C@@H]2OC(c3ccccc3)OC[C@H]2O[C@@H]1O. The van der Waals surface area contributed by atoms with E-state index in [2.05, 4.69) is 0 Å². The minimum atomic E-state index is -1.26. The zero-order valence-corrected chi connectivity index (χ0v) is 15.3. The molecule has 0 saturated carbocycles. The fourth-order valence-corrected chi connectivity index (χ4v) is 3.49. The third-order valence-electron chi connectivity index (χ3n) is 4.90. The van der Waals surface area contributed by atoms with Gasteiger partial charge in [0.25, 0.3) is 0 Å². The van der Waals surface area contributed by atoms with Crippen molar-refractivity contribution in [3.8, 4) is 0 Å². The Morgan fingerprint density at radius 3 is 2.36 bits per heavy atom. The number of carbonyl (C=O) groups excluding carboxylic acids is 1. The van der Waals surface area contributed by atoms with Gasteiger partial charge in [-0.25, -0.2) is 4.79 Å². The smallest absolute Gasteiger partial charge is 0.338 e. The standard InChI is InChI=1S/C21H22O7/c1-24-18-17(27-19(22)13-8-4-2-5-9-13)16-15(26-20(18)23)12-25-21(28-16)14-10-6-3-7-11-14/h2-11,15-18,20-21,23H,12H2,1H3/t15-,16-,17+,18-,20+,21?/m1/s1. The summed E-state index contributed by atoms with van der Waals surface area (Å²) in [5, 5.41) is 10.3. The molecule has 0 aromatic heterocycles. The predicted octanol–water partition coefficient (Wildman–Crippen LogP) is 2.06. The van der Waals surface area contributed by atoms with Gasteiger partial charge < -0.3 is 28.8 Å². The lowest BCUT2D eigenvalue weighted by atomic mass is 9.97. The number of hydrogen-bond acceptors (Lipinski definition) is 7. The fraction of sp³-hybridized carbons (Fsp3) is 0.381. The molecule has 2 heterocycles. The molecule has 148 valence electrons. The molecule has 2 aliphatic rings. The van der Waals surface area contributed by atoms with Crippen molar-refractivity contribution in [1.29, 1.82) is 0 Å². The van der Waals surface area contributed by atoms with E-state index in [-0.39, 0.29) is 6.61 Å². The lowest BCUT2D eigenvalue weighted by Crippen LogP contribution is -2.63. The molecular weight excluding hydrogens is 364 g/mol. The van der Waals surface area contributed by atoms with Crippen LogP contribution in [-0.2, 0) is 23.7 Å². The molecule has 4 rings (SSSR count). The van der Waals surface area contributed by atoms with Gasteiger partial charge in [0, 0.05) is 12.7 Å². The summed E-state index contributed by atoms with van der Waals surface area (Å²) in [5.41, 5.74) is 1.25. The third-order valence-corrected chi connectivity index (χ3v) is 4.90. The largest absolute Gasteiger partial charge is 0.453 e. The van der Waals surface area contributed by atoms with Crippen molar-refractivity contribution in [2.75, 3.05) is 13.7 Å². The molecular formula is C21H22O7. The summed E-state index contributed by atoms with van der Waals surface area (Å²) in [6.07, 6.45) is -4.88. The van der Waals surface area contributed by atoms with Gasteiger partial charge in [-0.2, -0.15) is 0 Å². The summed E-state index contributed by atoms with van der Waals surface area (Å²) in [7, 11) is 1.43. The third kappa shape index (κ3) is 3.80. The maximum absolute atomic E-state index is 12.6. The summed E-state index contributed by atoms with van der Waals surface area (Å²) in [5.74, 6) is -0.521. The Labute approximate surface area is 162 Å². The molecule has 28 heavy (non-hydrogen) atoms. The number of aliphatic hydroxyl groups is 1. The molecule has 0 aliphatic carbocycles. The zero-order valence-electron chi connectivity index (χ0n) is 15.3. The molecule has 2 aliphatic heterocycles. The van der Waals surface area contributed by atoms with Crippen molar-refractivity contribution in [3.05, 3.63) is 71.8 Å². The van der Waals surface area contributed by atoms with Crippen LogP contribution < -0.4 is 0 Å². The van der Waals surface area contributed by atoms with Gasteiger partial charge in [0.1, 0.15) is 18.3 Å². The van der Waals surface area contributed by atoms with E-state index in [4.69, 9.17) is 23.7 Å². The van der Waals surface area contributed by atoms with Crippen LogP contribution in [0.4, 0.5) is 0 Å². The number of fused-ring (bicyclic) bond motifs is 1. The number of rotatable bonds is 4. The van der Waals surface area contributed by atoms with Gasteiger partial charge in [0.2, 0.25) is 0 Å². The average Bonchev–Trinajstić information content (AvgIpc) is 2.75. The normalized spacial score (nSPS) is 32.4. The molecule has 0 amide bonds. The Hall–Kier alpha value is -2.29. The van der Waals surface area contributed by atoms with E-state index in [9.17, 15) is 9.90 Å². The molecule has 0 spiro atoms. The molecule has 7 heteroatoms. The molecule has 1 unspecified atom stereocenters. The van der Waals surface area contributed by atoms with Crippen molar-refractivity contribution in [2.45, 2.75) is 37.0 Å². The highest BCUT2D eigenvalue weighted by molar-refractivity contribution is 5.89. The number of methoxy groups -OCH3 is 1. The minimum absolute atomic E-state index is 0.192. The molecule has 7 nitrogen and oxygen atoms in total. The van der Waals surface area contributed by atoms with E-state index < -0.39 is 43.0 Å². The summed E-state index contributed by atoms with van der Waals surface area (Å²) >= 11 is 0. The first kappa shape index (κ1) is 19.0. The molecule has 0 radical (unpaired) electrons. The minimum Gasteiger partial charge on any atom is -0.453 e. The lowest BCUT2D eigenvalue weighted by Gasteiger charge is -2.47. The van der Waals surface area contributed by atoms with Crippen LogP contribution in [0.5, 0.6) is 0 Å². The Morgan fingerprint density at radius 2 is 1.68 bits per heavy atom. The topological polar surface area (TPSA) is 83.5 Å². The Morgan fingerprint density at radius 1 is 1.00 bits per heavy atom. The Bertz CT molecular complexity index is 782. The Kier molecular flexibility index (Phi) is 5.70. The van der Waals surface area contributed by atoms with Crippen molar-refractivity contribution in [1.82, 2.24) is 0 Å². The monoisotopic (exact) mass is 386 g/mol. The van der Waals surface area contributed by atoms with Gasteiger partial charge in [-0.15, -0.1) is 0 Å². The highest BCUT2D eigenvalue weighted by Crippen LogP contribution is 2.35. The van der Waals surface area contributed by atoms with Crippen LogP contribution in [-0.4, -0.2) is 55.5 Å². The van der Waals surface area contributed by atoms with Crippen molar-refractivity contribution >= 4 is 5.97 Å². The number of hydrogen-bond donors (Lipinski definition) is 1. The summed E-state index contributed by atoms with van der Waals surface area (Å²) in [4.78, 5) is 12.6. The van der Waals surface area contributed by atoms with Crippen molar-refractivity contribution in [2.24, 2.45) is 0 Å². The molecule has 2 fully saturated rings. The summed E-state index contributed by atoms with van der Waals surface area (Å²) in [6, 6.07) is 18.1. The fourth-order valence-electron chi connectivity index (χ4n) is 3.49. The van der Waals surface area contributed by atoms with Crippen LogP contribution in [0.25, 0.3) is 0 Å². The van der Waals surface area contributed by atoms with E-state index in [1.54, 1.807) is 24.3 Å². The second-order valence-electron chi connectivity index (χ2n) is 6.68. The first-order valence-electron chi connectivity index (χ1n) is 9.11. The number of carbonyl (C=O) groups is 1. The molecule has 2 saturated heterocycles. The quantitative estimate of drug-likeness (QED) is 0.806. The highest BCUT2D eigenvalue weighted by atomic mass is 16.7. The van der Waals surface area contributed by atoms with E-state index in [1.165, 1.54) is 7.11 Å². The van der Waals surface area contributed by atoms with Gasteiger partial charge >= 0.3 is 5.97 Å². The van der Waals surface area contributed by atoms with Gasteiger partial charge in [0.15, 0.2) is 18.7 Å². The lowest BCUT2D eigenvalue weighted by molar-refractivity contribution is -0.356. The molecule has 6 atom stereocenters. The maximum Gasteiger partial charge on any atom is 0.338 e.